The molecule has 0 aliphatic rings. The Morgan fingerprint density at radius 1 is 1.06 bits per heavy atom. The van der Waals surface area contributed by atoms with Crippen molar-refractivity contribution in [1.82, 2.24) is 9.88 Å². The van der Waals surface area contributed by atoms with Crippen molar-refractivity contribution in [3.05, 3.63) is 66.4 Å². The number of aromatic nitrogens is 1. The van der Waals surface area contributed by atoms with E-state index in [4.69, 9.17) is 10.8 Å². The second-order valence-electron chi connectivity index (χ2n) is 8.51. The van der Waals surface area contributed by atoms with Gasteiger partial charge >= 0.3 is 5.97 Å². The van der Waals surface area contributed by atoms with E-state index in [0.717, 1.165) is 16.6 Å². The minimum atomic E-state index is -2.46. The molecular weight excluding hydrogens is 441 g/mol. The van der Waals surface area contributed by atoms with E-state index in [2.05, 4.69) is 5.32 Å². The Morgan fingerprint density at radius 2 is 1.68 bits per heavy atom. The summed E-state index contributed by atoms with van der Waals surface area (Å²) < 4.78 is 16.6. The monoisotopic (exact) mass is 469 g/mol. The Labute approximate surface area is 196 Å². The third-order valence-corrected chi connectivity index (χ3v) is 5.64. The van der Waals surface area contributed by atoms with E-state index < -0.39 is 54.4 Å². The summed E-state index contributed by atoms with van der Waals surface area (Å²) in [6.07, 6.45) is -5.18. The molecule has 1 aromatic heterocycles. The molecule has 2 aromatic carbocycles. The fourth-order valence-electron chi connectivity index (χ4n) is 3.84. The number of aliphatic hydroxyl groups excluding tert-OH is 1. The van der Waals surface area contributed by atoms with Crippen LogP contribution in [0.25, 0.3) is 16.6 Å². The molecule has 1 heterocycles. The standard InChI is InChI=1S/C25H28FN3O5/c1-14(2)22(24(33)21(26)23(32)17(27)13-20(30)31)28-25(34)19-12-15-8-6-7-11-18(15)29(19)16-9-4-3-5-10-16/h3-12,14,17,21-23,32H,13,27H2,1-2H3,(H,28,34)(H,30,31)/t17?,21?,22-,23?/m0/s1. The van der Waals surface area contributed by atoms with Gasteiger partial charge in [0.1, 0.15) is 11.8 Å². The van der Waals surface area contributed by atoms with Gasteiger partial charge in [-0.3, -0.25) is 14.4 Å². The van der Waals surface area contributed by atoms with E-state index in [1.54, 1.807) is 24.5 Å². The highest BCUT2D eigenvalue weighted by Crippen LogP contribution is 2.25. The molecule has 0 saturated heterocycles. The molecule has 3 rings (SSSR count). The second-order valence-corrected chi connectivity index (χ2v) is 8.51. The molecule has 3 unspecified atom stereocenters. The number of ketones is 1. The van der Waals surface area contributed by atoms with Crippen molar-refractivity contribution in [3.8, 4) is 5.69 Å². The first kappa shape index (κ1) is 25.1. The number of hydrogen-bond acceptors (Lipinski definition) is 5. The van der Waals surface area contributed by atoms with Gasteiger partial charge in [-0.05, 0) is 30.2 Å². The third-order valence-electron chi connectivity index (χ3n) is 5.64. The van der Waals surface area contributed by atoms with Gasteiger partial charge in [0.2, 0.25) is 0 Å². The second kappa shape index (κ2) is 10.6. The quantitative estimate of drug-likeness (QED) is 0.360. The minimum Gasteiger partial charge on any atom is -0.481 e. The number of para-hydroxylation sites is 2. The van der Waals surface area contributed by atoms with Crippen LogP contribution in [-0.2, 0) is 9.59 Å². The number of aliphatic carboxylic acids is 1. The first-order chi connectivity index (χ1) is 16.1. The van der Waals surface area contributed by atoms with Crippen LogP contribution in [0.4, 0.5) is 4.39 Å². The summed E-state index contributed by atoms with van der Waals surface area (Å²) in [7, 11) is 0. The lowest BCUT2D eigenvalue weighted by atomic mass is 9.92. The highest BCUT2D eigenvalue weighted by Gasteiger charge is 2.38. The lowest BCUT2D eigenvalue weighted by Crippen LogP contribution is -2.53. The number of hydrogen-bond donors (Lipinski definition) is 4. The molecule has 0 aliphatic carbocycles. The predicted octanol–water partition coefficient (Wildman–Crippen LogP) is 2.45. The fourth-order valence-corrected chi connectivity index (χ4v) is 3.84. The highest BCUT2D eigenvalue weighted by atomic mass is 19.1. The summed E-state index contributed by atoms with van der Waals surface area (Å²) >= 11 is 0. The lowest BCUT2D eigenvalue weighted by Gasteiger charge is -2.27. The van der Waals surface area contributed by atoms with Gasteiger partial charge in [-0.2, -0.15) is 0 Å². The molecule has 3 aromatic rings. The number of halogens is 1. The molecule has 0 spiro atoms. The first-order valence-electron chi connectivity index (χ1n) is 10.9. The van der Waals surface area contributed by atoms with E-state index in [1.807, 2.05) is 54.6 Å². The first-order valence-corrected chi connectivity index (χ1v) is 10.9. The Kier molecular flexibility index (Phi) is 7.80. The van der Waals surface area contributed by atoms with Crippen LogP contribution in [0.15, 0.2) is 60.7 Å². The Bertz CT molecular complexity index is 1180. The average Bonchev–Trinajstić information content (AvgIpc) is 3.20. The van der Waals surface area contributed by atoms with Gasteiger partial charge < -0.3 is 25.8 Å². The average molecular weight is 470 g/mol. The zero-order chi connectivity index (χ0) is 25.0. The van der Waals surface area contributed by atoms with E-state index in [0.29, 0.717) is 0 Å². The Balaban J connectivity index is 1.91. The number of amides is 1. The number of nitrogens with two attached hydrogens (primary N) is 1. The normalized spacial score (nSPS) is 15.0. The van der Waals surface area contributed by atoms with Crippen LogP contribution < -0.4 is 11.1 Å². The number of nitrogens with zero attached hydrogens (tertiary/aromatic N) is 1. The van der Waals surface area contributed by atoms with Gasteiger partial charge in [0.25, 0.3) is 5.91 Å². The number of aliphatic hydroxyl groups is 1. The maximum atomic E-state index is 14.8. The summed E-state index contributed by atoms with van der Waals surface area (Å²) in [5.74, 6) is -3.50. The molecule has 180 valence electrons. The highest BCUT2D eigenvalue weighted by molar-refractivity contribution is 6.02. The molecule has 0 saturated carbocycles. The van der Waals surface area contributed by atoms with Crippen LogP contribution in [0.5, 0.6) is 0 Å². The molecule has 0 fully saturated rings. The molecule has 5 N–H and O–H groups in total. The summed E-state index contributed by atoms with van der Waals surface area (Å²) in [6.45, 7) is 3.26. The summed E-state index contributed by atoms with van der Waals surface area (Å²) in [5, 5.41) is 22.3. The topological polar surface area (TPSA) is 135 Å². The summed E-state index contributed by atoms with van der Waals surface area (Å²) in [4.78, 5) is 37.0. The SMILES string of the molecule is CC(C)[C@H](NC(=O)c1cc2ccccc2n1-c1ccccc1)C(=O)C(F)C(O)C(N)CC(=O)O. The van der Waals surface area contributed by atoms with Gasteiger partial charge in [-0.25, -0.2) is 4.39 Å². The zero-order valence-electron chi connectivity index (χ0n) is 18.9. The number of rotatable bonds is 10. The van der Waals surface area contributed by atoms with E-state index in [-0.39, 0.29) is 5.69 Å². The predicted molar refractivity (Wildman–Crippen MR) is 126 cm³/mol. The summed E-state index contributed by atoms with van der Waals surface area (Å²) in [5.41, 5.74) is 7.31. The number of carboxylic acid groups (broad SMARTS) is 1. The Morgan fingerprint density at radius 3 is 2.29 bits per heavy atom. The maximum Gasteiger partial charge on any atom is 0.305 e. The Hall–Kier alpha value is -3.56. The number of nitrogens with one attached hydrogen (secondary N) is 1. The van der Waals surface area contributed by atoms with Crippen LogP contribution in [0.1, 0.15) is 30.8 Å². The van der Waals surface area contributed by atoms with Crippen molar-refractivity contribution in [2.75, 3.05) is 0 Å². The number of benzene rings is 2. The van der Waals surface area contributed by atoms with E-state index in [1.165, 1.54) is 0 Å². The number of carbonyl (C=O) groups is 3. The van der Waals surface area contributed by atoms with Crippen LogP contribution in [-0.4, -0.2) is 56.8 Å². The smallest absolute Gasteiger partial charge is 0.305 e. The van der Waals surface area contributed by atoms with Crippen molar-refractivity contribution in [3.63, 3.8) is 0 Å². The van der Waals surface area contributed by atoms with Crippen LogP contribution in [0.3, 0.4) is 0 Å². The minimum absolute atomic E-state index is 0.254. The molecular formula is C25H28FN3O5. The van der Waals surface area contributed by atoms with E-state index in [9.17, 15) is 23.9 Å². The number of carbonyl (C=O) groups excluding carboxylic acids is 2. The molecule has 9 heteroatoms. The lowest BCUT2D eigenvalue weighted by molar-refractivity contribution is -0.140. The van der Waals surface area contributed by atoms with Gasteiger partial charge in [0.15, 0.2) is 12.0 Å². The molecule has 1 amide bonds. The van der Waals surface area contributed by atoms with Crippen LogP contribution in [0.2, 0.25) is 0 Å². The largest absolute Gasteiger partial charge is 0.481 e. The maximum absolute atomic E-state index is 14.8. The zero-order valence-corrected chi connectivity index (χ0v) is 18.9. The van der Waals surface area contributed by atoms with Gasteiger partial charge in [0.05, 0.1) is 18.0 Å². The van der Waals surface area contributed by atoms with Crippen molar-refractivity contribution < 1.29 is 29.0 Å². The molecule has 4 atom stereocenters. The van der Waals surface area contributed by atoms with Crippen LogP contribution >= 0.6 is 0 Å². The van der Waals surface area contributed by atoms with Crippen LogP contribution in [0, 0.1) is 5.92 Å². The van der Waals surface area contributed by atoms with Gasteiger partial charge in [-0.1, -0.05) is 50.2 Å². The molecule has 8 nitrogen and oxygen atoms in total. The molecule has 0 aliphatic heterocycles. The molecule has 0 bridgehead atoms. The van der Waals surface area contributed by atoms with Crippen molar-refractivity contribution in [2.24, 2.45) is 11.7 Å². The number of fused-ring (bicyclic) bond motifs is 1. The van der Waals surface area contributed by atoms with E-state index >= 15 is 0 Å². The number of Topliss-reactive ketones (excluding diaryl/α,β-unsaturated/α-hetero) is 1. The number of alkyl halides is 1. The number of carboxylic acids is 1. The van der Waals surface area contributed by atoms with Crippen molar-refractivity contribution in [2.45, 2.75) is 44.6 Å². The molecule has 34 heavy (non-hydrogen) atoms. The van der Waals surface area contributed by atoms with Gasteiger partial charge in [-0.15, -0.1) is 0 Å². The molecule has 0 radical (unpaired) electrons. The summed E-state index contributed by atoms with van der Waals surface area (Å²) in [6, 6.07) is 15.6. The van der Waals surface area contributed by atoms with Gasteiger partial charge in [0, 0.05) is 17.1 Å². The third kappa shape index (κ3) is 5.32. The van der Waals surface area contributed by atoms with Crippen molar-refractivity contribution in [1.29, 1.82) is 0 Å². The van der Waals surface area contributed by atoms with Crippen molar-refractivity contribution >= 4 is 28.6 Å². The fraction of sp³-hybridized carbons (Fsp3) is 0.320.